The molecule has 2 aromatic rings. The van der Waals surface area contributed by atoms with E-state index in [2.05, 4.69) is 35.8 Å². The molecule has 0 radical (unpaired) electrons. The highest BCUT2D eigenvalue weighted by atomic mass is 32.1. The Labute approximate surface area is 279 Å². The summed E-state index contributed by atoms with van der Waals surface area (Å²) in [6.45, 7) is 8.96. The topological polar surface area (TPSA) is 130 Å². The number of ether oxygens (including phenoxy) is 3. The third kappa shape index (κ3) is 6.77. The van der Waals surface area contributed by atoms with E-state index >= 15 is 0 Å². The number of aliphatic imine (C=N–C) groups is 2. The maximum absolute atomic E-state index is 14.0. The number of benzene rings is 2. The van der Waals surface area contributed by atoms with Crippen LogP contribution in [0.4, 0.5) is 11.4 Å². The predicted molar refractivity (Wildman–Crippen MR) is 186 cm³/mol. The minimum absolute atomic E-state index is 0.125. The number of thiol groups is 1. The smallest absolute Gasteiger partial charge is 0.257 e. The summed E-state index contributed by atoms with van der Waals surface area (Å²) in [6.07, 6.45) is 5.82. The van der Waals surface area contributed by atoms with Gasteiger partial charge in [-0.2, -0.15) is 12.6 Å². The molecule has 4 aliphatic heterocycles. The summed E-state index contributed by atoms with van der Waals surface area (Å²) in [5, 5.41) is 10.1. The van der Waals surface area contributed by atoms with Crippen LogP contribution in [0, 0.1) is 0 Å². The fourth-order valence-electron chi connectivity index (χ4n) is 6.42. The first kappa shape index (κ1) is 33.1. The minimum Gasteiger partial charge on any atom is -0.493 e. The Morgan fingerprint density at radius 1 is 0.851 bits per heavy atom. The van der Waals surface area contributed by atoms with Gasteiger partial charge in [-0.25, -0.2) is 0 Å². The number of aliphatic hydroxyl groups excluding tert-OH is 1. The van der Waals surface area contributed by atoms with Crippen molar-refractivity contribution in [2.24, 2.45) is 9.98 Å². The molecular formula is C34H39N4O7PS. The molecule has 4 heterocycles. The summed E-state index contributed by atoms with van der Waals surface area (Å²) in [6, 6.07) is 6.36. The van der Waals surface area contributed by atoms with Gasteiger partial charge in [0.25, 0.3) is 11.8 Å². The van der Waals surface area contributed by atoms with Gasteiger partial charge in [-0.05, 0) is 30.7 Å². The van der Waals surface area contributed by atoms with E-state index in [0.717, 1.165) is 11.1 Å². The first-order valence-electron chi connectivity index (χ1n) is 15.6. The zero-order chi connectivity index (χ0) is 33.3. The molecule has 0 bridgehead atoms. The van der Waals surface area contributed by atoms with Crippen molar-refractivity contribution < 1.29 is 33.5 Å². The molecule has 47 heavy (non-hydrogen) atoms. The summed E-state index contributed by atoms with van der Waals surface area (Å²) in [7, 11) is -1.28. The molecule has 6 rings (SSSR count). The molecule has 0 aliphatic carbocycles. The van der Waals surface area contributed by atoms with Crippen molar-refractivity contribution in [2.45, 2.75) is 31.5 Å². The van der Waals surface area contributed by atoms with Crippen molar-refractivity contribution in [1.29, 1.82) is 0 Å². The van der Waals surface area contributed by atoms with E-state index in [1.165, 1.54) is 7.11 Å². The Morgan fingerprint density at radius 2 is 1.38 bits per heavy atom. The first-order valence-corrected chi connectivity index (χ1v) is 18.5. The fourth-order valence-corrected chi connectivity index (χ4v) is 9.40. The Balaban J connectivity index is 1.11. The maximum atomic E-state index is 14.0. The fraction of sp³-hybridized carbons (Fsp3) is 0.412. The summed E-state index contributed by atoms with van der Waals surface area (Å²) < 4.78 is 31.7. The molecule has 2 amide bonds. The zero-order valence-corrected chi connectivity index (χ0v) is 28.2. The van der Waals surface area contributed by atoms with E-state index in [9.17, 15) is 19.3 Å². The van der Waals surface area contributed by atoms with Crippen LogP contribution in [-0.4, -0.2) is 109 Å². The summed E-state index contributed by atoms with van der Waals surface area (Å²) >= 11 is 4.35. The normalized spacial score (nSPS) is 21.1. The SMILES string of the molecule is C=C1C[C@H]2C=Nc3cc(OCCP(=O)(CCS)CCOc4cc5c(cc4OC)C(=O)N4CC(=C)C[C@H]4C=N5)c(CO)cc3C(=O)N2C1. The molecular weight excluding hydrogens is 639 g/mol. The number of rotatable bonds is 12. The molecule has 2 saturated heterocycles. The van der Waals surface area contributed by atoms with Crippen molar-refractivity contribution in [1.82, 2.24) is 9.80 Å². The number of carbonyl (C=O) groups excluding carboxylic acids is 2. The highest BCUT2D eigenvalue weighted by Crippen LogP contribution is 2.46. The van der Waals surface area contributed by atoms with E-state index in [4.69, 9.17) is 14.2 Å². The molecule has 3 atom stereocenters. The molecule has 2 aromatic carbocycles. The van der Waals surface area contributed by atoms with Crippen molar-refractivity contribution in [3.8, 4) is 17.2 Å². The van der Waals surface area contributed by atoms with Crippen molar-refractivity contribution in [3.63, 3.8) is 0 Å². The minimum atomic E-state index is -2.78. The summed E-state index contributed by atoms with van der Waals surface area (Å²) in [4.78, 5) is 39.2. The van der Waals surface area contributed by atoms with E-state index < -0.39 is 7.14 Å². The zero-order valence-electron chi connectivity index (χ0n) is 26.4. The average molecular weight is 679 g/mol. The number of methoxy groups -OCH3 is 1. The van der Waals surface area contributed by atoms with Crippen LogP contribution in [0.3, 0.4) is 0 Å². The largest absolute Gasteiger partial charge is 0.493 e. The third-order valence-electron chi connectivity index (χ3n) is 8.99. The van der Waals surface area contributed by atoms with Gasteiger partial charge in [0.15, 0.2) is 11.5 Å². The van der Waals surface area contributed by atoms with Gasteiger partial charge in [-0.15, -0.1) is 0 Å². The lowest BCUT2D eigenvalue weighted by Crippen LogP contribution is -2.35. The van der Waals surface area contributed by atoms with Crippen LogP contribution in [0.1, 0.15) is 39.1 Å². The quantitative estimate of drug-likeness (QED) is 0.185. The number of hydrogen-bond donors (Lipinski definition) is 2. The Kier molecular flexibility index (Phi) is 9.64. The van der Waals surface area contributed by atoms with E-state index in [-0.39, 0.29) is 56.0 Å². The van der Waals surface area contributed by atoms with Crippen molar-refractivity contribution >= 4 is 55.4 Å². The molecule has 1 unspecified atom stereocenters. The second-order valence-corrected chi connectivity index (χ2v) is 16.2. The van der Waals surface area contributed by atoms with Gasteiger partial charge in [-0.1, -0.05) is 24.3 Å². The molecule has 2 fully saturated rings. The lowest BCUT2D eigenvalue weighted by atomic mass is 10.1. The molecule has 1 N–H and O–H groups in total. The summed E-state index contributed by atoms with van der Waals surface area (Å²) in [5.74, 6) is 1.34. The second-order valence-electron chi connectivity index (χ2n) is 12.3. The van der Waals surface area contributed by atoms with Crippen LogP contribution >= 0.6 is 19.8 Å². The van der Waals surface area contributed by atoms with Crippen LogP contribution in [0.5, 0.6) is 17.2 Å². The average Bonchev–Trinajstić information content (AvgIpc) is 3.56. The summed E-state index contributed by atoms with van der Waals surface area (Å²) in [5.41, 5.74) is 4.23. The molecule has 4 aliphatic rings. The number of hydrogen-bond acceptors (Lipinski definition) is 10. The van der Waals surface area contributed by atoms with Gasteiger partial charge >= 0.3 is 0 Å². The van der Waals surface area contributed by atoms with Gasteiger partial charge in [0.1, 0.15) is 5.75 Å². The monoisotopic (exact) mass is 678 g/mol. The van der Waals surface area contributed by atoms with E-state index in [1.54, 1.807) is 46.5 Å². The van der Waals surface area contributed by atoms with Crippen molar-refractivity contribution in [2.75, 3.05) is 57.7 Å². The van der Waals surface area contributed by atoms with Crippen LogP contribution in [0.15, 0.2) is 58.6 Å². The van der Waals surface area contributed by atoms with Gasteiger partial charge in [-0.3, -0.25) is 19.6 Å². The Bertz CT molecular complexity index is 1620. The van der Waals surface area contributed by atoms with Crippen molar-refractivity contribution in [3.05, 3.63) is 65.3 Å². The van der Waals surface area contributed by atoms with Gasteiger partial charge in [0, 0.05) is 61.7 Å². The standard InChI is InChI=1S/C34H39N4O7PS/c1-21-10-24-16-35-28-14-30(23(20-39)12-26(28)33(40)37(24)18-21)44-4-6-46(42,8-9-47)7-5-45-32-15-29-27(13-31(32)43-3)34(41)38-19-22(2)11-25(38)17-36-29/h12-17,24-25,39,47H,1-2,4-11,18-20H2,3H3/t24-,25-,46?/m0/s1. The lowest BCUT2D eigenvalue weighted by Gasteiger charge is -2.21. The van der Waals surface area contributed by atoms with Gasteiger partial charge in [0.2, 0.25) is 0 Å². The number of fused-ring (bicyclic) bond motifs is 4. The highest BCUT2D eigenvalue weighted by molar-refractivity contribution is 7.81. The highest BCUT2D eigenvalue weighted by Gasteiger charge is 2.35. The molecule has 0 aromatic heterocycles. The lowest BCUT2D eigenvalue weighted by molar-refractivity contribution is 0.0770. The Morgan fingerprint density at radius 3 is 1.91 bits per heavy atom. The number of aliphatic hydroxyl groups is 1. The van der Waals surface area contributed by atoms with Crippen LogP contribution in [0.2, 0.25) is 0 Å². The van der Waals surface area contributed by atoms with Crippen LogP contribution in [0.25, 0.3) is 0 Å². The number of nitrogens with zero attached hydrogens (tertiary/aromatic N) is 4. The van der Waals surface area contributed by atoms with E-state index in [1.807, 2.05) is 0 Å². The van der Waals surface area contributed by atoms with E-state index in [0.29, 0.717) is 83.2 Å². The molecule has 0 saturated carbocycles. The van der Waals surface area contributed by atoms with Crippen LogP contribution in [-0.2, 0) is 11.2 Å². The molecule has 0 spiro atoms. The molecule has 248 valence electrons. The molecule has 11 nitrogen and oxygen atoms in total. The third-order valence-corrected chi connectivity index (χ3v) is 12.6. The second kappa shape index (κ2) is 13.7. The number of amides is 2. The first-order chi connectivity index (χ1) is 22.6. The maximum Gasteiger partial charge on any atom is 0.257 e. The Hall–Kier alpha value is -3.86. The van der Waals surface area contributed by atoms with Gasteiger partial charge < -0.3 is 33.7 Å². The van der Waals surface area contributed by atoms with Gasteiger partial charge in [0.05, 0.1) is 68.7 Å². The van der Waals surface area contributed by atoms with Crippen LogP contribution < -0.4 is 14.2 Å². The predicted octanol–water partition coefficient (Wildman–Crippen LogP) is 4.91. The molecule has 13 heteroatoms. The number of carbonyl (C=O) groups is 2.